The highest BCUT2D eigenvalue weighted by Crippen LogP contribution is 2.30. The average molecular weight is 327 g/mol. The lowest BCUT2D eigenvalue weighted by Gasteiger charge is -2.26. The van der Waals surface area contributed by atoms with Gasteiger partial charge in [-0.15, -0.1) is 0 Å². The molecule has 112 valence electrons. The summed E-state index contributed by atoms with van der Waals surface area (Å²) in [5.74, 6) is 0.364. The van der Waals surface area contributed by atoms with E-state index in [4.69, 9.17) is 27.7 Å². The first-order valence-corrected chi connectivity index (χ1v) is 7.23. The predicted octanol–water partition coefficient (Wildman–Crippen LogP) is 4.43. The molecule has 21 heavy (non-hydrogen) atoms. The summed E-state index contributed by atoms with van der Waals surface area (Å²) in [6, 6.07) is 5.05. The Morgan fingerprint density at radius 2 is 2.00 bits per heavy atom. The Bertz CT molecular complexity index is 663. The molecule has 0 aliphatic rings. The minimum absolute atomic E-state index is 0.148. The highest BCUT2D eigenvalue weighted by Gasteiger charge is 2.25. The molecule has 0 radical (unpaired) electrons. The average Bonchev–Trinajstić information content (AvgIpc) is 2.76. The van der Waals surface area contributed by atoms with Crippen LogP contribution in [0.2, 0.25) is 10.0 Å². The van der Waals surface area contributed by atoms with Gasteiger partial charge in [0.1, 0.15) is 11.3 Å². The topological polar surface area (TPSA) is 46.3 Å². The number of aryl methyl sites for hydroxylation is 2. The lowest BCUT2D eigenvalue weighted by Crippen LogP contribution is -2.30. The van der Waals surface area contributed by atoms with Crippen molar-refractivity contribution in [3.63, 3.8) is 0 Å². The molecule has 2 aromatic rings. The van der Waals surface area contributed by atoms with Gasteiger partial charge in [0.2, 0.25) is 0 Å². The Hall–Kier alpha value is -1.52. The third-order valence-electron chi connectivity index (χ3n) is 3.56. The maximum absolute atomic E-state index is 12.6. The zero-order valence-electron chi connectivity index (χ0n) is 12.3. The Balaban J connectivity index is 2.31. The van der Waals surface area contributed by atoms with Gasteiger partial charge in [-0.3, -0.25) is 4.79 Å². The monoisotopic (exact) mass is 326 g/mol. The molecule has 0 spiro atoms. The van der Waals surface area contributed by atoms with E-state index in [0.717, 1.165) is 5.56 Å². The molecule has 1 aromatic heterocycles. The predicted molar refractivity (Wildman–Crippen MR) is 82.9 cm³/mol. The van der Waals surface area contributed by atoms with E-state index < -0.39 is 0 Å². The Labute approximate surface area is 133 Å². The number of benzene rings is 1. The Morgan fingerprint density at radius 1 is 1.33 bits per heavy atom. The van der Waals surface area contributed by atoms with Crippen LogP contribution in [0.5, 0.6) is 0 Å². The fourth-order valence-corrected chi connectivity index (χ4v) is 2.76. The Kier molecular flexibility index (Phi) is 4.59. The first-order valence-electron chi connectivity index (χ1n) is 6.48. The van der Waals surface area contributed by atoms with Crippen LogP contribution >= 0.6 is 23.2 Å². The Morgan fingerprint density at radius 3 is 2.52 bits per heavy atom. The van der Waals surface area contributed by atoms with E-state index >= 15 is 0 Å². The number of amides is 1. The second-order valence-electron chi connectivity index (χ2n) is 4.96. The maximum Gasteiger partial charge on any atom is 0.259 e. The van der Waals surface area contributed by atoms with Crippen LogP contribution in [0.15, 0.2) is 22.7 Å². The van der Waals surface area contributed by atoms with E-state index in [1.54, 1.807) is 37.9 Å². The van der Waals surface area contributed by atoms with Crippen molar-refractivity contribution in [2.45, 2.75) is 26.8 Å². The van der Waals surface area contributed by atoms with Crippen LogP contribution in [0.25, 0.3) is 0 Å². The summed E-state index contributed by atoms with van der Waals surface area (Å²) in [4.78, 5) is 14.2. The van der Waals surface area contributed by atoms with Gasteiger partial charge >= 0.3 is 0 Å². The number of hydrogen-bond donors (Lipinski definition) is 0. The van der Waals surface area contributed by atoms with Gasteiger partial charge in [-0.2, -0.15) is 0 Å². The summed E-state index contributed by atoms with van der Waals surface area (Å²) in [6.45, 7) is 5.38. The maximum atomic E-state index is 12.6. The molecule has 1 heterocycles. The number of nitrogens with zero attached hydrogens (tertiary/aromatic N) is 2. The van der Waals surface area contributed by atoms with Crippen LogP contribution in [-0.4, -0.2) is 23.0 Å². The molecule has 6 heteroatoms. The third kappa shape index (κ3) is 3.06. The first kappa shape index (κ1) is 15.9. The molecule has 0 aliphatic heterocycles. The van der Waals surface area contributed by atoms with Gasteiger partial charge in [0.05, 0.1) is 11.7 Å². The molecule has 0 N–H and O–H groups in total. The molecule has 0 saturated heterocycles. The summed E-state index contributed by atoms with van der Waals surface area (Å²) in [7, 11) is 1.73. The van der Waals surface area contributed by atoms with Crippen molar-refractivity contribution in [2.24, 2.45) is 0 Å². The van der Waals surface area contributed by atoms with Crippen LogP contribution in [0.3, 0.4) is 0 Å². The van der Waals surface area contributed by atoms with Crippen molar-refractivity contribution in [3.8, 4) is 0 Å². The van der Waals surface area contributed by atoms with E-state index in [9.17, 15) is 4.79 Å². The molecule has 0 aliphatic carbocycles. The fourth-order valence-electron chi connectivity index (χ4n) is 2.19. The minimum atomic E-state index is -0.198. The van der Waals surface area contributed by atoms with Gasteiger partial charge in [-0.25, -0.2) is 0 Å². The van der Waals surface area contributed by atoms with Gasteiger partial charge in [-0.1, -0.05) is 34.4 Å². The van der Waals surface area contributed by atoms with Crippen LogP contribution in [0, 0.1) is 13.8 Å². The van der Waals surface area contributed by atoms with Crippen LogP contribution in [-0.2, 0) is 0 Å². The summed E-state index contributed by atoms with van der Waals surface area (Å²) < 4.78 is 5.05. The molecule has 1 atom stereocenters. The first-order chi connectivity index (χ1) is 9.82. The third-order valence-corrected chi connectivity index (χ3v) is 4.12. The number of carbonyl (C=O) groups excluding carboxylic acids is 1. The molecule has 4 nitrogen and oxygen atoms in total. The fraction of sp³-hybridized carbons (Fsp3) is 0.333. The van der Waals surface area contributed by atoms with Gasteiger partial charge in [0.25, 0.3) is 5.91 Å². The van der Waals surface area contributed by atoms with Crippen molar-refractivity contribution in [3.05, 3.63) is 50.8 Å². The number of rotatable bonds is 3. The van der Waals surface area contributed by atoms with E-state index in [0.29, 0.717) is 27.1 Å². The molecule has 1 aromatic carbocycles. The number of halogens is 2. The molecule has 1 amide bonds. The highest BCUT2D eigenvalue weighted by molar-refractivity contribution is 6.35. The molecule has 0 bridgehead atoms. The second-order valence-corrected chi connectivity index (χ2v) is 5.80. The molecule has 0 saturated carbocycles. The zero-order valence-corrected chi connectivity index (χ0v) is 13.8. The second kappa shape index (κ2) is 6.08. The van der Waals surface area contributed by atoms with Crippen molar-refractivity contribution in [2.75, 3.05) is 7.05 Å². The highest BCUT2D eigenvalue weighted by atomic mass is 35.5. The summed E-state index contributed by atoms with van der Waals surface area (Å²) in [5.41, 5.74) is 1.91. The van der Waals surface area contributed by atoms with Gasteiger partial charge in [-0.05, 0) is 38.5 Å². The van der Waals surface area contributed by atoms with Gasteiger partial charge in [0, 0.05) is 17.1 Å². The lowest BCUT2D eigenvalue weighted by atomic mass is 10.1. The van der Waals surface area contributed by atoms with Gasteiger partial charge < -0.3 is 9.42 Å². The van der Waals surface area contributed by atoms with Crippen molar-refractivity contribution >= 4 is 29.1 Å². The summed E-state index contributed by atoms with van der Waals surface area (Å²) in [5, 5.41) is 4.92. The van der Waals surface area contributed by atoms with Crippen LogP contribution < -0.4 is 0 Å². The molecule has 0 fully saturated rings. The van der Waals surface area contributed by atoms with E-state index in [2.05, 4.69) is 5.16 Å². The van der Waals surface area contributed by atoms with Crippen molar-refractivity contribution in [1.82, 2.24) is 10.1 Å². The number of aromatic nitrogens is 1. The molecular weight excluding hydrogens is 311 g/mol. The quantitative estimate of drug-likeness (QED) is 0.838. The number of carbonyl (C=O) groups is 1. The summed E-state index contributed by atoms with van der Waals surface area (Å²) >= 11 is 12.1. The van der Waals surface area contributed by atoms with Crippen molar-refractivity contribution < 1.29 is 9.32 Å². The van der Waals surface area contributed by atoms with Crippen molar-refractivity contribution in [1.29, 1.82) is 0 Å². The van der Waals surface area contributed by atoms with Gasteiger partial charge in [0.15, 0.2) is 0 Å². The summed E-state index contributed by atoms with van der Waals surface area (Å²) in [6.07, 6.45) is 0. The van der Waals surface area contributed by atoms with Crippen LogP contribution in [0.4, 0.5) is 0 Å². The largest absolute Gasteiger partial charge is 0.361 e. The smallest absolute Gasteiger partial charge is 0.259 e. The van der Waals surface area contributed by atoms with E-state index in [-0.39, 0.29) is 11.9 Å². The molecular formula is C15H16Cl2N2O2. The standard InChI is InChI=1S/C15H16Cl2N2O2/c1-8-14(10(3)21-18-8)15(20)19(4)9(2)12-6-5-11(16)7-13(12)17/h5-7,9H,1-4H3. The van der Waals surface area contributed by atoms with Crippen LogP contribution in [0.1, 0.15) is 40.3 Å². The van der Waals surface area contributed by atoms with E-state index in [1.165, 1.54) is 0 Å². The molecule has 1 unspecified atom stereocenters. The normalized spacial score (nSPS) is 12.3. The lowest BCUT2D eigenvalue weighted by molar-refractivity contribution is 0.0740. The van der Waals surface area contributed by atoms with E-state index in [1.807, 2.05) is 13.0 Å². The molecule has 2 rings (SSSR count). The number of hydrogen-bond acceptors (Lipinski definition) is 3. The SMILES string of the molecule is Cc1noc(C)c1C(=O)N(C)C(C)c1ccc(Cl)cc1Cl. The minimum Gasteiger partial charge on any atom is -0.361 e. The zero-order chi connectivity index (χ0) is 15.7.